The quantitative estimate of drug-likeness (QED) is 0.583. The zero-order valence-corrected chi connectivity index (χ0v) is 16.6. The number of carboxylic acid groups (broad SMARTS) is 1. The summed E-state index contributed by atoms with van der Waals surface area (Å²) in [5.41, 5.74) is 2.29. The Morgan fingerprint density at radius 3 is 2.61 bits per heavy atom. The van der Waals surface area contributed by atoms with Crippen molar-refractivity contribution in [3.05, 3.63) is 65.0 Å². The van der Waals surface area contributed by atoms with Gasteiger partial charge in [0.2, 0.25) is 5.91 Å². The summed E-state index contributed by atoms with van der Waals surface area (Å²) in [6, 6.07) is 15.5. The van der Waals surface area contributed by atoms with Crippen molar-refractivity contribution in [3.8, 4) is 5.75 Å². The van der Waals surface area contributed by atoms with Gasteiger partial charge in [-0.2, -0.15) is 0 Å². The molecule has 0 saturated heterocycles. The van der Waals surface area contributed by atoms with Crippen molar-refractivity contribution in [2.45, 2.75) is 25.8 Å². The minimum atomic E-state index is -1.01. The Labute approximate surface area is 168 Å². The lowest BCUT2D eigenvalue weighted by Gasteiger charge is -2.17. The van der Waals surface area contributed by atoms with Gasteiger partial charge in [0.15, 0.2) is 6.61 Å². The zero-order chi connectivity index (χ0) is 19.9. The Balaban J connectivity index is 1.46. The van der Waals surface area contributed by atoms with E-state index in [9.17, 15) is 9.59 Å². The number of aliphatic carboxylic acids is 1. The fourth-order valence-electron chi connectivity index (χ4n) is 3.05. The van der Waals surface area contributed by atoms with Gasteiger partial charge in [-0.1, -0.05) is 30.3 Å². The van der Waals surface area contributed by atoms with Crippen LogP contribution in [-0.2, 0) is 22.6 Å². The van der Waals surface area contributed by atoms with Crippen molar-refractivity contribution in [1.82, 2.24) is 4.90 Å². The topological polar surface area (TPSA) is 66.8 Å². The van der Waals surface area contributed by atoms with Crippen LogP contribution >= 0.6 is 11.3 Å². The molecule has 3 aromatic rings. The molecule has 6 heteroatoms. The van der Waals surface area contributed by atoms with Crippen LogP contribution in [0, 0.1) is 0 Å². The lowest BCUT2D eigenvalue weighted by Crippen LogP contribution is -2.25. The van der Waals surface area contributed by atoms with Crippen molar-refractivity contribution in [2.24, 2.45) is 0 Å². The van der Waals surface area contributed by atoms with Crippen molar-refractivity contribution < 1.29 is 19.4 Å². The maximum absolute atomic E-state index is 12.4. The number of carbonyl (C=O) groups excluding carboxylic acids is 1. The molecule has 1 N–H and O–H groups in total. The summed E-state index contributed by atoms with van der Waals surface area (Å²) in [7, 11) is 1.80. The Hall–Kier alpha value is -2.86. The van der Waals surface area contributed by atoms with Crippen LogP contribution in [0.2, 0.25) is 0 Å². The Morgan fingerprint density at radius 1 is 1.11 bits per heavy atom. The van der Waals surface area contributed by atoms with Gasteiger partial charge in [-0.25, -0.2) is 4.79 Å². The molecule has 0 saturated carbocycles. The van der Waals surface area contributed by atoms with Gasteiger partial charge in [0.25, 0.3) is 0 Å². The Kier molecular flexibility index (Phi) is 6.66. The monoisotopic (exact) mass is 397 g/mol. The van der Waals surface area contributed by atoms with Crippen LogP contribution in [0.1, 0.15) is 24.0 Å². The molecule has 28 heavy (non-hydrogen) atoms. The molecule has 1 aromatic heterocycles. The summed E-state index contributed by atoms with van der Waals surface area (Å²) < 4.78 is 6.40. The summed E-state index contributed by atoms with van der Waals surface area (Å²) in [4.78, 5) is 24.7. The van der Waals surface area contributed by atoms with Gasteiger partial charge in [-0.3, -0.25) is 4.79 Å². The third-order valence-corrected chi connectivity index (χ3v) is 5.54. The summed E-state index contributed by atoms with van der Waals surface area (Å²) in [6.07, 6.45) is 2.24. The molecule has 5 nitrogen and oxygen atoms in total. The van der Waals surface area contributed by atoms with Crippen LogP contribution in [0.25, 0.3) is 10.1 Å². The van der Waals surface area contributed by atoms with Gasteiger partial charge < -0.3 is 14.7 Å². The van der Waals surface area contributed by atoms with Crippen LogP contribution in [0.15, 0.2) is 53.9 Å². The first kappa shape index (κ1) is 19.9. The Morgan fingerprint density at radius 2 is 1.86 bits per heavy atom. The van der Waals surface area contributed by atoms with Crippen molar-refractivity contribution >= 4 is 33.3 Å². The number of carboxylic acids is 1. The molecule has 0 unspecified atom stereocenters. The second kappa shape index (κ2) is 9.37. The normalized spacial score (nSPS) is 10.8. The van der Waals surface area contributed by atoms with E-state index in [0.29, 0.717) is 18.7 Å². The highest BCUT2D eigenvalue weighted by Gasteiger charge is 2.11. The minimum Gasteiger partial charge on any atom is -0.482 e. The van der Waals surface area contributed by atoms with Crippen molar-refractivity contribution in [3.63, 3.8) is 0 Å². The van der Waals surface area contributed by atoms with Gasteiger partial charge in [0, 0.05) is 24.7 Å². The summed E-state index contributed by atoms with van der Waals surface area (Å²) in [5.74, 6) is -0.390. The molecule has 0 bridgehead atoms. The number of rotatable bonds is 9. The van der Waals surface area contributed by atoms with Crippen LogP contribution in [0.3, 0.4) is 0 Å². The number of thiophene rings is 1. The smallest absolute Gasteiger partial charge is 0.341 e. The molecular weight excluding hydrogens is 374 g/mol. The number of hydrogen-bond donors (Lipinski definition) is 1. The molecule has 2 aromatic carbocycles. The standard InChI is InChI=1S/C22H23NO4S/c1-23(13-16-9-11-18(12-10-16)27-14-22(25)26)21(24)8-4-5-17-15-28-20-7-3-2-6-19(17)20/h2-3,6-7,9-12,15H,4-5,8,13-14H2,1H3,(H,25,26). The fraction of sp³-hybridized carbons (Fsp3) is 0.273. The molecule has 0 radical (unpaired) electrons. The molecule has 0 spiro atoms. The average molecular weight is 397 g/mol. The molecule has 1 amide bonds. The second-order valence-corrected chi connectivity index (χ2v) is 7.60. The van der Waals surface area contributed by atoms with E-state index in [-0.39, 0.29) is 12.5 Å². The van der Waals surface area contributed by atoms with E-state index in [4.69, 9.17) is 9.84 Å². The number of carbonyl (C=O) groups is 2. The van der Waals surface area contributed by atoms with Crippen LogP contribution in [-0.4, -0.2) is 35.5 Å². The molecule has 0 atom stereocenters. The lowest BCUT2D eigenvalue weighted by molar-refractivity contribution is -0.139. The zero-order valence-electron chi connectivity index (χ0n) is 15.8. The molecule has 0 aliphatic rings. The maximum Gasteiger partial charge on any atom is 0.341 e. The van der Waals surface area contributed by atoms with E-state index in [1.54, 1.807) is 35.4 Å². The minimum absolute atomic E-state index is 0.116. The van der Waals surface area contributed by atoms with Gasteiger partial charge in [0.05, 0.1) is 0 Å². The highest BCUT2D eigenvalue weighted by atomic mass is 32.1. The summed E-state index contributed by atoms with van der Waals surface area (Å²) in [5, 5.41) is 12.1. The van der Waals surface area contributed by atoms with Gasteiger partial charge in [-0.05, 0) is 52.9 Å². The first-order valence-electron chi connectivity index (χ1n) is 9.15. The lowest BCUT2D eigenvalue weighted by atomic mass is 10.1. The number of benzene rings is 2. The SMILES string of the molecule is CN(Cc1ccc(OCC(=O)O)cc1)C(=O)CCCc1csc2ccccc12. The number of hydrogen-bond acceptors (Lipinski definition) is 4. The van der Waals surface area contributed by atoms with E-state index in [1.165, 1.54) is 15.6 Å². The number of nitrogens with zero attached hydrogens (tertiary/aromatic N) is 1. The average Bonchev–Trinajstić information content (AvgIpc) is 3.10. The van der Waals surface area contributed by atoms with Gasteiger partial charge >= 0.3 is 5.97 Å². The highest BCUT2D eigenvalue weighted by molar-refractivity contribution is 7.17. The maximum atomic E-state index is 12.4. The molecule has 1 heterocycles. The van der Waals surface area contributed by atoms with E-state index in [2.05, 4.69) is 23.6 Å². The molecule has 3 rings (SSSR count). The first-order valence-corrected chi connectivity index (χ1v) is 10.0. The van der Waals surface area contributed by atoms with Crippen LogP contribution < -0.4 is 4.74 Å². The first-order chi connectivity index (χ1) is 13.5. The molecule has 146 valence electrons. The number of aryl methyl sites for hydroxylation is 1. The second-order valence-electron chi connectivity index (χ2n) is 6.69. The van der Waals surface area contributed by atoms with E-state index in [1.807, 2.05) is 18.2 Å². The van der Waals surface area contributed by atoms with Crippen molar-refractivity contribution in [2.75, 3.05) is 13.7 Å². The predicted molar refractivity (Wildman–Crippen MR) is 111 cm³/mol. The summed E-state index contributed by atoms with van der Waals surface area (Å²) >= 11 is 1.75. The highest BCUT2D eigenvalue weighted by Crippen LogP contribution is 2.26. The molecule has 0 aliphatic heterocycles. The summed E-state index contributed by atoms with van der Waals surface area (Å²) in [6.45, 7) is 0.149. The van der Waals surface area contributed by atoms with E-state index >= 15 is 0 Å². The third kappa shape index (κ3) is 5.33. The number of fused-ring (bicyclic) bond motifs is 1. The van der Waals surface area contributed by atoms with Gasteiger partial charge in [0.1, 0.15) is 5.75 Å². The van der Waals surface area contributed by atoms with E-state index < -0.39 is 5.97 Å². The molecule has 0 fully saturated rings. The Bertz CT molecular complexity index is 949. The van der Waals surface area contributed by atoms with Crippen LogP contribution in [0.4, 0.5) is 0 Å². The van der Waals surface area contributed by atoms with Gasteiger partial charge in [-0.15, -0.1) is 11.3 Å². The predicted octanol–water partition coefficient (Wildman–Crippen LogP) is 4.35. The molecular formula is C22H23NO4S. The largest absolute Gasteiger partial charge is 0.482 e. The van der Waals surface area contributed by atoms with E-state index in [0.717, 1.165) is 18.4 Å². The number of ether oxygens (including phenoxy) is 1. The number of amides is 1. The van der Waals surface area contributed by atoms with Crippen molar-refractivity contribution in [1.29, 1.82) is 0 Å². The molecule has 0 aliphatic carbocycles. The fourth-order valence-corrected chi connectivity index (χ4v) is 4.04. The van der Waals surface area contributed by atoms with Crippen LogP contribution in [0.5, 0.6) is 5.75 Å². The third-order valence-electron chi connectivity index (χ3n) is 4.53.